The van der Waals surface area contributed by atoms with E-state index in [4.69, 9.17) is 9.72 Å². The zero-order valence-electron chi connectivity index (χ0n) is 33.9. The van der Waals surface area contributed by atoms with E-state index < -0.39 is 17.4 Å². The van der Waals surface area contributed by atoms with Crippen molar-refractivity contribution in [2.45, 2.75) is 151 Å². The zero-order valence-corrected chi connectivity index (χ0v) is 33.9. The van der Waals surface area contributed by atoms with Crippen LogP contribution in [-0.4, -0.2) is 55.5 Å². The van der Waals surface area contributed by atoms with Crippen LogP contribution in [0, 0.1) is 56.2 Å². The van der Waals surface area contributed by atoms with Gasteiger partial charge >= 0.3 is 11.9 Å². The molecule has 6 aliphatic rings. The minimum absolute atomic E-state index is 0.0104. The Labute approximate surface area is 322 Å². The Morgan fingerprint density at radius 3 is 2.41 bits per heavy atom. The number of esters is 1. The first kappa shape index (κ1) is 37.7. The van der Waals surface area contributed by atoms with Gasteiger partial charge in [0.1, 0.15) is 11.9 Å². The third-order valence-corrected chi connectivity index (χ3v) is 17.5. The lowest BCUT2D eigenvalue weighted by Gasteiger charge is -2.72. The van der Waals surface area contributed by atoms with Crippen LogP contribution in [0.5, 0.6) is 0 Å². The van der Waals surface area contributed by atoms with E-state index in [1.165, 1.54) is 19.3 Å². The maximum Gasteiger partial charge on any atom is 0.309 e. The summed E-state index contributed by atoms with van der Waals surface area (Å²) in [5, 5.41) is 9.62. The van der Waals surface area contributed by atoms with Crippen molar-refractivity contribution in [2.24, 2.45) is 56.2 Å². The molecule has 9 heteroatoms. The molecule has 54 heavy (non-hydrogen) atoms. The van der Waals surface area contributed by atoms with Crippen LogP contribution in [0.4, 0.5) is 0 Å². The fraction of sp³-hybridized carbons (Fsp3) is 0.756. The molecule has 8 rings (SSSR count). The third-order valence-electron chi connectivity index (χ3n) is 17.5. The second kappa shape index (κ2) is 12.9. The summed E-state index contributed by atoms with van der Waals surface area (Å²) >= 11 is 0. The number of carbonyl (C=O) groups is 3. The van der Waals surface area contributed by atoms with Gasteiger partial charge < -0.3 is 19.7 Å². The second-order valence-electron chi connectivity index (χ2n) is 20.6. The summed E-state index contributed by atoms with van der Waals surface area (Å²) in [6.45, 7) is 16.4. The summed E-state index contributed by atoms with van der Waals surface area (Å²) in [6, 6.07) is 5.90. The molecule has 10 atom stereocenters. The van der Waals surface area contributed by atoms with Gasteiger partial charge in [-0.2, -0.15) is 0 Å². The maximum absolute atomic E-state index is 15.1. The number of carboxylic acids is 1. The number of likely N-dealkylation sites (tertiary alicyclic amines) is 1. The molecule has 0 radical (unpaired) electrons. The molecule has 6 fully saturated rings. The molecule has 294 valence electrons. The molecule has 3 heterocycles. The number of H-pyrrole nitrogens is 1. The van der Waals surface area contributed by atoms with Crippen LogP contribution < -0.4 is 0 Å². The Morgan fingerprint density at radius 2 is 1.67 bits per heavy atom. The van der Waals surface area contributed by atoms with Gasteiger partial charge in [-0.1, -0.05) is 47.1 Å². The van der Waals surface area contributed by atoms with Crippen molar-refractivity contribution in [3.8, 4) is 11.4 Å². The summed E-state index contributed by atoms with van der Waals surface area (Å²) in [4.78, 5) is 55.1. The largest absolute Gasteiger partial charge is 0.481 e. The summed E-state index contributed by atoms with van der Waals surface area (Å²) in [5.41, 5.74) is 0.636. The van der Waals surface area contributed by atoms with E-state index in [2.05, 4.69) is 49.5 Å². The zero-order chi connectivity index (χ0) is 38.5. The SMILES string of the molecule is CC(C)(CC(=O)O[C@H]1CC[C@@]2(C)C(CC[C@]3(C)C2CC[C@@H]2[C@H]4CCC[C@]4(C(=O)N4CCC[C@H]4c4ncc(-c5ccccn5)[nH]4)CC[C@]23C)C1(C)C)C(=O)O. The van der Waals surface area contributed by atoms with Crippen molar-refractivity contribution in [1.82, 2.24) is 19.9 Å². The van der Waals surface area contributed by atoms with Crippen molar-refractivity contribution in [1.29, 1.82) is 0 Å². The number of hydrogen-bond donors (Lipinski definition) is 2. The van der Waals surface area contributed by atoms with Crippen molar-refractivity contribution in [2.75, 3.05) is 6.54 Å². The molecule has 2 aromatic rings. The smallest absolute Gasteiger partial charge is 0.309 e. The number of aromatic nitrogens is 3. The van der Waals surface area contributed by atoms with Crippen LogP contribution >= 0.6 is 0 Å². The van der Waals surface area contributed by atoms with Crippen molar-refractivity contribution >= 4 is 17.8 Å². The number of carbonyl (C=O) groups excluding carboxylic acids is 2. The molecular weight excluding hydrogens is 677 g/mol. The van der Waals surface area contributed by atoms with E-state index in [-0.39, 0.29) is 45.6 Å². The highest BCUT2D eigenvalue weighted by atomic mass is 16.5. The fourth-order valence-electron chi connectivity index (χ4n) is 14.5. The summed E-state index contributed by atoms with van der Waals surface area (Å²) in [5.74, 6) is 1.89. The molecule has 5 saturated carbocycles. The number of ether oxygens (including phenoxy) is 1. The van der Waals surface area contributed by atoms with Crippen LogP contribution in [-0.2, 0) is 19.1 Å². The molecule has 0 bridgehead atoms. The number of hydrogen-bond acceptors (Lipinski definition) is 6. The predicted octanol–water partition coefficient (Wildman–Crippen LogP) is 9.40. The molecule has 2 aromatic heterocycles. The number of rotatable bonds is 7. The molecule has 1 aliphatic heterocycles. The van der Waals surface area contributed by atoms with Crippen molar-refractivity contribution in [3.05, 3.63) is 36.4 Å². The minimum atomic E-state index is -1.15. The second-order valence-corrected chi connectivity index (χ2v) is 20.6. The van der Waals surface area contributed by atoms with E-state index in [0.717, 1.165) is 88.0 Å². The number of pyridine rings is 1. The average molecular weight is 741 g/mol. The highest BCUT2D eigenvalue weighted by Gasteiger charge is 2.71. The molecule has 1 amide bonds. The minimum Gasteiger partial charge on any atom is -0.481 e. The first-order chi connectivity index (χ1) is 25.5. The number of imidazole rings is 1. The summed E-state index contributed by atoms with van der Waals surface area (Å²) in [7, 11) is 0. The Hall–Kier alpha value is -3.23. The highest BCUT2D eigenvalue weighted by molar-refractivity contribution is 5.84. The number of fused-ring (bicyclic) bond motifs is 7. The molecule has 2 N–H and O–H groups in total. The Bertz CT molecular complexity index is 1790. The first-order valence-electron chi connectivity index (χ1n) is 21.2. The Balaban J connectivity index is 1.01. The van der Waals surface area contributed by atoms with Crippen LogP contribution in [0.25, 0.3) is 11.4 Å². The third kappa shape index (κ3) is 5.46. The maximum atomic E-state index is 15.1. The molecule has 0 aromatic carbocycles. The molecule has 0 spiro atoms. The van der Waals surface area contributed by atoms with E-state index >= 15 is 4.79 Å². The van der Waals surface area contributed by atoms with Gasteiger partial charge in [0.05, 0.1) is 40.9 Å². The lowest BCUT2D eigenvalue weighted by molar-refractivity contribution is -0.248. The molecule has 1 saturated heterocycles. The Kier molecular flexibility index (Phi) is 9.01. The topological polar surface area (TPSA) is 125 Å². The first-order valence-corrected chi connectivity index (χ1v) is 21.2. The van der Waals surface area contributed by atoms with Crippen LogP contribution in [0.3, 0.4) is 0 Å². The van der Waals surface area contributed by atoms with Crippen molar-refractivity contribution < 1.29 is 24.2 Å². The molecule has 5 aliphatic carbocycles. The highest BCUT2D eigenvalue weighted by Crippen LogP contribution is 2.77. The quantitative estimate of drug-likeness (QED) is 0.271. The number of nitrogens with one attached hydrogen (secondary N) is 1. The number of aromatic amines is 1. The van der Waals surface area contributed by atoms with E-state index in [1.807, 2.05) is 24.4 Å². The Morgan fingerprint density at radius 1 is 0.870 bits per heavy atom. The van der Waals surface area contributed by atoms with Crippen LogP contribution in [0.2, 0.25) is 0 Å². The van der Waals surface area contributed by atoms with Crippen LogP contribution in [0.15, 0.2) is 30.6 Å². The lowest BCUT2D eigenvalue weighted by atomic mass is 9.32. The van der Waals surface area contributed by atoms with E-state index in [1.54, 1.807) is 20.0 Å². The summed E-state index contributed by atoms with van der Waals surface area (Å²) < 4.78 is 6.19. The number of carboxylic acid groups (broad SMARTS) is 1. The summed E-state index contributed by atoms with van der Waals surface area (Å²) in [6.07, 6.45) is 17.2. The monoisotopic (exact) mass is 740 g/mol. The van der Waals surface area contributed by atoms with Gasteiger partial charge in [-0.15, -0.1) is 0 Å². The van der Waals surface area contributed by atoms with Gasteiger partial charge in [0.25, 0.3) is 0 Å². The molecule has 9 nitrogen and oxygen atoms in total. The van der Waals surface area contributed by atoms with E-state index in [9.17, 15) is 14.7 Å². The van der Waals surface area contributed by atoms with Crippen LogP contribution in [0.1, 0.15) is 150 Å². The van der Waals surface area contributed by atoms with Crippen molar-refractivity contribution in [3.63, 3.8) is 0 Å². The molecule has 2 unspecified atom stereocenters. The van der Waals surface area contributed by atoms with Gasteiger partial charge in [-0.05, 0) is 143 Å². The molecular formula is C45H64N4O5. The number of nitrogens with zero attached hydrogens (tertiary/aromatic N) is 3. The van der Waals surface area contributed by atoms with Gasteiger partial charge in [0, 0.05) is 18.2 Å². The van der Waals surface area contributed by atoms with E-state index in [0.29, 0.717) is 29.6 Å². The van der Waals surface area contributed by atoms with Gasteiger partial charge in [0.15, 0.2) is 0 Å². The standard InChI is InChI=1S/C45H64N4O5/c1-40(2,39(52)53)26-36(50)54-35-18-20-42(5)33(41(35,3)4)17-21-44(7)34(42)16-15-28-29-12-10-19-45(29,23-22-43(28,44)6)38(51)49-25-11-14-32(49)37-47-27-31(48-37)30-13-8-9-24-46-30/h8-9,13,24,27-29,32-35H,10-12,14-23,25-26H2,1-7H3,(H,47,48)(H,52,53)/t28-,29-,32+,33?,34?,35+,42+,43-,44-,45+/m1/s1. The lowest BCUT2D eigenvalue weighted by Crippen LogP contribution is -2.67. The average Bonchev–Trinajstić information content (AvgIpc) is 3.90. The van der Waals surface area contributed by atoms with Gasteiger partial charge in [-0.3, -0.25) is 19.4 Å². The van der Waals surface area contributed by atoms with Gasteiger partial charge in [-0.25, -0.2) is 4.98 Å². The number of amides is 1. The number of aliphatic carboxylic acids is 1. The fourth-order valence-corrected chi connectivity index (χ4v) is 14.5. The predicted molar refractivity (Wildman–Crippen MR) is 207 cm³/mol. The van der Waals surface area contributed by atoms with Gasteiger partial charge in [0.2, 0.25) is 5.91 Å². The normalized spacial score (nSPS) is 39.9.